The number of rotatable bonds is 0. The molecule has 0 amide bonds. The summed E-state index contributed by atoms with van der Waals surface area (Å²) in [7, 11) is 0. The molecule has 1 fully saturated rings. The Morgan fingerprint density at radius 3 is 1.71 bits per heavy atom. The molecule has 1 saturated carbocycles. The van der Waals surface area contributed by atoms with Gasteiger partial charge in [-0.05, 0) is 0 Å². The van der Waals surface area contributed by atoms with E-state index in [9.17, 15) is 8.78 Å². The zero-order chi connectivity index (χ0) is 5.65. The fraction of sp³-hybridized carbons (Fsp3) is 1.00. The molecular weight excluding hydrogens is 100 g/mol. The minimum absolute atomic E-state index is 0.590. The van der Waals surface area contributed by atoms with E-state index < -0.39 is 17.9 Å². The van der Waals surface area contributed by atoms with Gasteiger partial charge in [0.05, 0.1) is 6.04 Å². The van der Waals surface area contributed by atoms with E-state index in [1.54, 1.807) is 0 Å². The van der Waals surface area contributed by atoms with E-state index in [1.165, 1.54) is 6.92 Å². The van der Waals surface area contributed by atoms with Gasteiger partial charge in [0.15, 0.2) is 0 Å². The first kappa shape index (κ1) is 4.97. The average molecular weight is 107 g/mol. The Morgan fingerprint density at radius 2 is 1.71 bits per heavy atom. The lowest BCUT2D eigenvalue weighted by atomic mass is 10.5. The van der Waals surface area contributed by atoms with Crippen LogP contribution in [0.15, 0.2) is 0 Å². The Labute approximate surface area is 40.5 Å². The van der Waals surface area contributed by atoms with Gasteiger partial charge in [0.25, 0.3) is 5.92 Å². The molecule has 0 radical (unpaired) electrons. The van der Waals surface area contributed by atoms with Crippen molar-refractivity contribution in [1.82, 2.24) is 0 Å². The third-order valence-corrected chi connectivity index (χ3v) is 1.48. The predicted octanol–water partition coefficient (Wildman–Crippen LogP) is 0.599. The molecule has 1 aliphatic rings. The van der Waals surface area contributed by atoms with Crippen molar-refractivity contribution < 1.29 is 8.78 Å². The Morgan fingerprint density at radius 1 is 1.57 bits per heavy atom. The van der Waals surface area contributed by atoms with Gasteiger partial charge in [-0.15, -0.1) is 0 Å². The maximum atomic E-state index is 11.8. The number of halogens is 2. The number of nitrogens with two attached hydrogens (primary N) is 1. The summed E-state index contributed by atoms with van der Waals surface area (Å²) in [6.07, 6.45) is 0. The standard InChI is InChI=1S/C4H7F2N/c1-2-3(7)4(2,5)6/h2-3H,7H2,1H3/t2-,3-/m1/s1. The van der Waals surface area contributed by atoms with Crippen molar-refractivity contribution in [2.24, 2.45) is 11.7 Å². The molecular formula is C4H7F2N. The Bertz CT molecular complexity index is 81.7. The molecule has 1 aliphatic carbocycles. The molecule has 2 atom stereocenters. The third kappa shape index (κ3) is 0.445. The number of hydrogen-bond acceptors (Lipinski definition) is 1. The summed E-state index contributed by atoms with van der Waals surface area (Å²) < 4.78 is 23.6. The van der Waals surface area contributed by atoms with E-state index in [2.05, 4.69) is 0 Å². The van der Waals surface area contributed by atoms with Crippen molar-refractivity contribution in [3.8, 4) is 0 Å². The summed E-state index contributed by atoms with van der Waals surface area (Å²) in [4.78, 5) is 0. The highest BCUT2D eigenvalue weighted by atomic mass is 19.3. The Balaban J connectivity index is 2.52. The van der Waals surface area contributed by atoms with Crippen LogP contribution in [0, 0.1) is 5.92 Å². The van der Waals surface area contributed by atoms with Gasteiger partial charge in [-0.1, -0.05) is 6.92 Å². The molecule has 7 heavy (non-hydrogen) atoms. The molecule has 3 heteroatoms. The maximum Gasteiger partial charge on any atom is 0.267 e. The molecule has 0 heterocycles. The molecule has 0 unspecified atom stereocenters. The van der Waals surface area contributed by atoms with Crippen molar-refractivity contribution in [2.45, 2.75) is 18.9 Å². The summed E-state index contributed by atoms with van der Waals surface area (Å²) in [5.41, 5.74) is 4.89. The zero-order valence-electron chi connectivity index (χ0n) is 3.99. The molecule has 2 N–H and O–H groups in total. The van der Waals surface area contributed by atoms with Gasteiger partial charge in [-0.2, -0.15) is 0 Å². The van der Waals surface area contributed by atoms with E-state index >= 15 is 0 Å². The van der Waals surface area contributed by atoms with Crippen LogP contribution in [0.1, 0.15) is 6.92 Å². The molecule has 1 nitrogen and oxygen atoms in total. The van der Waals surface area contributed by atoms with E-state index in [0.29, 0.717) is 0 Å². The highest BCUT2D eigenvalue weighted by Gasteiger charge is 2.63. The average Bonchev–Trinajstić information content (AvgIpc) is 1.91. The second-order valence-electron chi connectivity index (χ2n) is 1.99. The monoisotopic (exact) mass is 107 g/mol. The van der Waals surface area contributed by atoms with Gasteiger partial charge in [0, 0.05) is 5.92 Å². The van der Waals surface area contributed by atoms with Gasteiger partial charge < -0.3 is 5.73 Å². The first-order chi connectivity index (χ1) is 3.07. The SMILES string of the molecule is C[C@@H]1[C@@H](N)C1(F)F. The fourth-order valence-electron chi connectivity index (χ4n) is 0.510. The van der Waals surface area contributed by atoms with E-state index in [1.807, 2.05) is 0 Å². The molecule has 0 spiro atoms. The van der Waals surface area contributed by atoms with Gasteiger partial charge in [0.2, 0.25) is 0 Å². The summed E-state index contributed by atoms with van der Waals surface area (Å²) in [5.74, 6) is -3.15. The minimum atomic E-state index is -2.56. The number of alkyl halides is 2. The first-order valence-corrected chi connectivity index (χ1v) is 2.20. The molecule has 0 saturated heterocycles. The Hall–Kier alpha value is -0.180. The highest BCUT2D eigenvalue weighted by molar-refractivity contribution is 5.06. The predicted molar refractivity (Wildman–Crippen MR) is 22.1 cm³/mol. The first-order valence-electron chi connectivity index (χ1n) is 2.20. The second kappa shape index (κ2) is 0.968. The molecule has 0 aliphatic heterocycles. The summed E-state index contributed by atoms with van der Waals surface area (Å²) in [6.45, 7) is 1.45. The number of hydrogen-bond donors (Lipinski definition) is 1. The lowest BCUT2D eigenvalue weighted by molar-refractivity contribution is 0.0969. The van der Waals surface area contributed by atoms with Crippen molar-refractivity contribution >= 4 is 0 Å². The largest absolute Gasteiger partial charge is 0.322 e. The van der Waals surface area contributed by atoms with E-state index in [-0.39, 0.29) is 0 Å². The summed E-state index contributed by atoms with van der Waals surface area (Å²) in [5, 5.41) is 0. The molecule has 0 bridgehead atoms. The maximum absolute atomic E-state index is 11.8. The van der Waals surface area contributed by atoms with E-state index in [4.69, 9.17) is 5.73 Å². The van der Waals surface area contributed by atoms with E-state index in [0.717, 1.165) is 0 Å². The molecule has 1 rings (SSSR count). The molecule has 0 aromatic carbocycles. The summed E-state index contributed by atoms with van der Waals surface area (Å²) in [6, 6.07) is -0.868. The highest BCUT2D eigenvalue weighted by Crippen LogP contribution is 2.46. The smallest absolute Gasteiger partial charge is 0.267 e. The van der Waals surface area contributed by atoms with Gasteiger partial charge in [0.1, 0.15) is 0 Å². The van der Waals surface area contributed by atoms with Crippen LogP contribution in [0.25, 0.3) is 0 Å². The fourth-order valence-corrected chi connectivity index (χ4v) is 0.510. The van der Waals surface area contributed by atoms with Crippen LogP contribution in [0.2, 0.25) is 0 Å². The third-order valence-electron chi connectivity index (χ3n) is 1.48. The zero-order valence-corrected chi connectivity index (χ0v) is 3.99. The lowest BCUT2D eigenvalue weighted by Crippen LogP contribution is -2.08. The van der Waals surface area contributed by atoms with Gasteiger partial charge >= 0.3 is 0 Å². The van der Waals surface area contributed by atoms with Crippen LogP contribution in [0.5, 0.6) is 0 Å². The topological polar surface area (TPSA) is 26.0 Å². The van der Waals surface area contributed by atoms with Gasteiger partial charge in [-0.3, -0.25) is 0 Å². The lowest BCUT2D eigenvalue weighted by Gasteiger charge is -1.83. The minimum Gasteiger partial charge on any atom is -0.322 e. The van der Waals surface area contributed by atoms with Crippen molar-refractivity contribution in [3.63, 3.8) is 0 Å². The van der Waals surface area contributed by atoms with Crippen LogP contribution in [-0.4, -0.2) is 12.0 Å². The van der Waals surface area contributed by atoms with Crippen molar-refractivity contribution in [3.05, 3.63) is 0 Å². The molecule has 0 aromatic heterocycles. The quantitative estimate of drug-likeness (QED) is 0.482. The van der Waals surface area contributed by atoms with Crippen LogP contribution in [0.3, 0.4) is 0 Å². The van der Waals surface area contributed by atoms with Crippen molar-refractivity contribution in [1.29, 1.82) is 0 Å². The Kier molecular flexibility index (Phi) is 0.687. The van der Waals surface area contributed by atoms with Crippen LogP contribution < -0.4 is 5.73 Å². The second-order valence-corrected chi connectivity index (χ2v) is 1.99. The summed E-state index contributed by atoms with van der Waals surface area (Å²) >= 11 is 0. The van der Waals surface area contributed by atoms with Crippen LogP contribution in [-0.2, 0) is 0 Å². The van der Waals surface area contributed by atoms with Crippen LogP contribution in [0.4, 0.5) is 8.78 Å². The normalized spacial score (nSPS) is 46.3. The van der Waals surface area contributed by atoms with Crippen molar-refractivity contribution in [2.75, 3.05) is 0 Å². The molecule has 42 valence electrons. The van der Waals surface area contributed by atoms with Gasteiger partial charge in [-0.25, -0.2) is 8.78 Å². The van der Waals surface area contributed by atoms with Crippen LogP contribution >= 0.6 is 0 Å². The molecule has 0 aromatic rings.